The highest BCUT2D eigenvalue weighted by Gasteiger charge is 2.48. The van der Waals surface area contributed by atoms with E-state index in [1.807, 2.05) is 23.6 Å². The van der Waals surface area contributed by atoms with Crippen molar-refractivity contribution in [2.24, 2.45) is 5.92 Å². The van der Waals surface area contributed by atoms with Crippen LogP contribution in [0.3, 0.4) is 0 Å². The first-order chi connectivity index (χ1) is 11.7. The fourth-order valence-electron chi connectivity index (χ4n) is 4.02. The molecule has 0 aliphatic heterocycles. The highest BCUT2D eigenvalue weighted by atomic mass is 32.1. The molecule has 0 saturated heterocycles. The monoisotopic (exact) mass is 361 g/mol. The third-order valence-electron chi connectivity index (χ3n) is 5.60. The second-order valence-corrected chi connectivity index (χ2v) is 9.02. The van der Waals surface area contributed by atoms with Gasteiger partial charge in [0.25, 0.3) is 0 Å². The minimum Gasteiger partial charge on any atom is -0.382 e. The van der Waals surface area contributed by atoms with E-state index in [0.29, 0.717) is 6.54 Å². The predicted molar refractivity (Wildman–Crippen MR) is 98.4 cm³/mol. The van der Waals surface area contributed by atoms with Crippen LogP contribution in [0.5, 0.6) is 0 Å². The normalized spacial score (nSPS) is 22.2. The van der Waals surface area contributed by atoms with E-state index in [9.17, 15) is 9.90 Å². The highest BCUT2D eigenvalue weighted by molar-refractivity contribution is 7.10. The number of carbonyl (C=O) groups excluding carboxylic acids is 1. The van der Waals surface area contributed by atoms with E-state index < -0.39 is 5.60 Å². The largest absolute Gasteiger partial charge is 0.382 e. The summed E-state index contributed by atoms with van der Waals surface area (Å²) in [6, 6.07) is 8.07. The molecule has 0 bridgehead atoms. The Hall–Kier alpha value is -1.17. The molecule has 4 rings (SSSR count). The van der Waals surface area contributed by atoms with Crippen LogP contribution < -0.4 is 5.32 Å². The summed E-state index contributed by atoms with van der Waals surface area (Å²) in [6.07, 6.45) is 6.12. The first kappa shape index (κ1) is 16.3. The Morgan fingerprint density at radius 1 is 1.21 bits per heavy atom. The molecular weight excluding hydrogens is 338 g/mol. The molecule has 2 heterocycles. The molecule has 2 N–H and O–H groups in total. The summed E-state index contributed by atoms with van der Waals surface area (Å²) in [6.45, 7) is 0.324. The molecule has 1 unspecified atom stereocenters. The molecule has 1 atom stereocenters. The van der Waals surface area contributed by atoms with Crippen LogP contribution in [0.25, 0.3) is 0 Å². The summed E-state index contributed by atoms with van der Waals surface area (Å²) < 4.78 is 0. The van der Waals surface area contributed by atoms with Crippen molar-refractivity contribution in [3.63, 3.8) is 0 Å². The third-order valence-corrected chi connectivity index (χ3v) is 7.71. The van der Waals surface area contributed by atoms with Crippen LogP contribution in [0.2, 0.25) is 0 Å². The smallest absolute Gasteiger partial charge is 0.231 e. The van der Waals surface area contributed by atoms with Crippen LogP contribution in [-0.4, -0.2) is 17.6 Å². The number of rotatable bonds is 6. The molecule has 24 heavy (non-hydrogen) atoms. The van der Waals surface area contributed by atoms with E-state index in [0.717, 1.165) is 43.4 Å². The van der Waals surface area contributed by atoms with E-state index in [1.54, 1.807) is 22.7 Å². The zero-order chi connectivity index (χ0) is 16.6. The molecule has 2 aliphatic carbocycles. The van der Waals surface area contributed by atoms with E-state index in [2.05, 4.69) is 16.8 Å². The molecule has 1 amide bonds. The van der Waals surface area contributed by atoms with Gasteiger partial charge in [-0.2, -0.15) is 0 Å². The molecule has 0 radical (unpaired) electrons. The quantitative estimate of drug-likeness (QED) is 0.816. The minimum atomic E-state index is -0.904. The molecule has 2 saturated carbocycles. The van der Waals surface area contributed by atoms with Gasteiger partial charge in [0, 0.05) is 9.75 Å². The number of hydrogen-bond donors (Lipinski definition) is 2. The van der Waals surface area contributed by atoms with Crippen molar-refractivity contribution < 1.29 is 9.90 Å². The SMILES string of the molecule is O=C(NCC(O)(c1cccs1)C1CC1)C1(c2cccs2)CCCC1. The lowest BCUT2D eigenvalue weighted by atomic mass is 9.83. The van der Waals surface area contributed by atoms with Gasteiger partial charge in [-0.3, -0.25) is 4.79 Å². The lowest BCUT2D eigenvalue weighted by Crippen LogP contribution is -2.48. The number of thiophene rings is 2. The third kappa shape index (κ3) is 2.72. The minimum absolute atomic E-state index is 0.0954. The number of hydrogen-bond acceptors (Lipinski definition) is 4. The molecule has 2 aromatic heterocycles. The number of nitrogens with one attached hydrogen (secondary N) is 1. The Balaban J connectivity index is 1.53. The average molecular weight is 362 g/mol. The summed E-state index contributed by atoms with van der Waals surface area (Å²) in [5.41, 5.74) is -1.28. The van der Waals surface area contributed by atoms with Gasteiger partial charge in [0.05, 0.1) is 12.0 Å². The average Bonchev–Trinajstić information content (AvgIpc) is 3.09. The second-order valence-electron chi connectivity index (χ2n) is 7.13. The van der Waals surface area contributed by atoms with Gasteiger partial charge >= 0.3 is 0 Å². The Morgan fingerprint density at radius 3 is 2.50 bits per heavy atom. The number of amides is 1. The second kappa shape index (κ2) is 6.28. The van der Waals surface area contributed by atoms with Crippen molar-refractivity contribution in [3.05, 3.63) is 44.8 Å². The van der Waals surface area contributed by atoms with E-state index >= 15 is 0 Å². The van der Waals surface area contributed by atoms with Crippen LogP contribution >= 0.6 is 22.7 Å². The van der Waals surface area contributed by atoms with Gasteiger partial charge in [0.15, 0.2) is 0 Å². The standard InChI is InChI=1S/C19H23NO2S2/c21-17(18(9-1-2-10-18)15-5-3-11-23-15)20-13-19(22,14-7-8-14)16-6-4-12-24-16/h3-6,11-12,14,22H,1-2,7-10,13H2,(H,20,21). The highest BCUT2D eigenvalue weighted by Crippen LogP contribution is 2.47. The maximum Gasteiger partial charge on any atom is 0.231 e. The van der Waals surface area contributed by atoms with Crippen molar-refractivity contribution in [3.8, 4) is 0 Å². The molecular formula is C19H23NO2S2. The Labute approximate surface area is 150 Å². The molecule has 0 aromatic carbocycles. The topological polar surface area (TPSA) is 49.3 Å². The fourth-order valence-corrected chi connectivity index (χ4v) is 5.90. The summed E-state index contributed by atoms with van der Waals surface area (Å²) in [5, 5.41) is 18.4. The lowest BCUT2D eigenvalue weighted by molar-refractivity contribution is -0.128. The summed E-state index contributed by atoms with van der Waals surface area (Å²) in [4.78, 5) is 15.3. The maximum atomic E-state index is 13.1. The van der Waals surface area contributed by atoms with Gasteiger partial charge < -0.3 is 10.4 Å². The molecule has 5 heteroatoms. The van der Waals surface area contributed by atoms with Gasteiger partial charge in [-0.25, -0.2) is 0 Å². The van der Waals surface area contributed by atoms with Crippen LogP contribution in [0.1, 0.15) is 48.3 Å². The van der Waals surface area contributed by atoms with Crippen molar-refractivity contribution in [2.75, 3.05) is 6.54 Å². The van der Waals surface area contributed by atoms with Gasteiger partial charge in [0.2, 0.25) is 5.91 Å². The Morgan fingerprint density at radius 2 is 1.92 bits per heavy atom. The van der Waals surface area contributed by atoms with Gasteiger partial charge in [-0.05, 0) is 54.5 Å². The van der Waals surface area contributed by atoms with Crippen LogP contribution in [0.4, 0.5) is 0 Å². The van der Waals surface area contributed by atoms with E-state index in [4.69, 9.17) is 0 Å². The van der Waals surface area contributed by atoms with Crippen LogP contribution in [-0.2, 0) is 15.8 Å². The van der Waals surface area contributed by atoms with Crippen molar-refractivity contribution in [1.82, 2.24) is 5.32 Å². The number of aliphatic hydroxyl groups is 1. The summed E-state index contributed by atoms with van der Waals surface area (Å²) in [5.74, 6) is 0.371. The van der Waals surface area contributed by atoms with Gasteiger partial charge in [0.1, 0.15) is 5.60 Å². The van der Waals surface area contributed by atoms with Crippen LogP contribution in [0, 0.1) is 5.92 Å². The maximum absolute atomic E-state index is 13.1. The van der Waals surface area contributed by atoms with E-state index in [-0.39, 0.29) is 17.2 Å². The van der Waals surface area contributed by atoms with Crippen LogP contribution in [0.15, 0.2) is 35.0 Å². The van der Waals surface area contributed by atoms with Crippen molar-refractivity contribution in [1.29, 1.82) is 0 Å². The molecule has 2 aliphatic rings. The Bertz CT molecular complexity index is 685. The zero-order valence-corrected chi connectivity index (χ0v) is 15.3. The van der Waals surface area contributed by atoms with Gasteiger partial charge in [-0.15, -0.1) is 22.7 Å². The molecule has 2 aromatic rings. The Kier molecular flexibility index (Phi) is 4.27. The number of carbonyl (C=O) groups is 1. The zero-order valence-electron chi connectivity index (χ0n) is 13.7. The molecule has 0 spiro atoms. The first-order valence-electron chi connectivity index (χ1n) is 8.74. The predicted octanol–water partition coefficient (Wildman–Crippen LogP) is 4.04. The van der Waals surface area contributed by atoms with Gasteiger partial charge in [-0.1, -0.05) is 25.0 Å². The summed E-state index contributed by atoms with van der Waals surface area (Å²) in [7, 11) is 0. The van der Waals surface area contributed by atoms with Crippen molar-refractivity contribution in [2.45, 2.75) is 49.5 Å². The molecule has 128 valence electrons. The van der Waals surface area contributed by atoms with E-state index in [1.165, 1.54) is 4.88 Å². The lowest BCUT2D eigenvalue weighted by Gasteiger charge is -2.31. The molecule has 2 fully saturated rings. The fraction of sp³-hybridized carbons (Fsp3) is 0.526. The van der Waals surface area contributed by atoms with Crippen molar-refractivity contribution >= 4 is 28.6 Å². The summed E-state index contributed by atoms with van der Waals surface area (Å²) >= 11 is 3.26. The first-order valence-corrected chi connectivity index (χ1v) is 10.5. The molecule has 3 nitrogen and oxygen atoms in total.